The second-order valence-corrected chi connectivity index (χ2v) is 4.70. The molecule has 1 heterocycles. The summed E-state index contributed by atoms with van der Waals surface area (Å²) >= 11 is 0. The van der Waals surface area contributed by atoms with Gasteiger partial charge in [0.1, 0.15) is 5.75 Å². The topological polar surface area (TPSA) is 80.2 Å². The zero-order chi connectivity index (χ0) is 15.5. The molecule has 0 aliphatic carbocycles. The Morgan fingerprint density at radius 1 is 1.27 bits per heavy atom. The van der Waals surface area contributed by atoms with Crippen LogP contribution in [0, 0.1) is 0 Å². The standard InChI is InChI=1S/C16H14N2O4/c1-21-13-8-3-2-7-12(13)15-17-14(18-22-15)10-5-4-6-11(9-10)16(19)20/h2-9,15H,1H3,(H,17,18)(H,19,20). The number of benzene rings is 2. The molecular formula is C16H14N2O4. The second-order valence-electron chi connectivity index (χ2n) is 4.70. The molecule has 1 aliphatic heterocycles. The minimum Gasteiger partial charge on any atom is -0.496 e. The van der Waals surface area contributed by atoms with Gasteiger partial charge in [0.15, 0.2) is 5.84 Å². The number of nitrogens with one attached hydrogen (secondary N) is 1. The number of aromatic carboxylic acids is 1. The Bertz CT molecular complexity index is 742. The molecule has 0 saturated carbocycles. The zero-order valence-corrected chi connectivity index (χ0v) is 11.8. The van der Waals surface area contributed by atoms with Gasteiger partial charge >= 0.3 is 5.97 Å². The molecule has 0 saturated heterocycles. The summed E-state index contributed by atoms with van der Waals surface area (Å²) in [4.78, 5) is 16.4. The van der Waals surface area contributed by atoms with E-state index in [1.165, 1.54) is 6.07 Å². The smallest absolute Gasteiger partial charge is 0.335 e. The molecule has 0 spiro atoms. The lowest BCUT2D eigenvalue weighted by Crippen LogP contribution is -2.24. The Labute approximate surface area is 127 Å². The van der Waals surface area contributed by atoms with Crippen LogP contribution in [0.15, 0.2) is 53.7 Å². The van der Waals surface area contributed by atoms with E-state index in [1.54, 1.807) is 25.3 Å². The average Bonchev–Trinajstić information content (AvgIpc) is 3.04. The summed E-state index contributed by atoms with van der Waals surface area (Å²) in [6.07, 6.45) is -0.473. The third kappa shape index (κ3) is 2.58. The summed E-state index contributed by atoms with van der Waals surface area (Å²) in [6, 6.07) is 14.0. The summed E-state index contributed by atoms with van der Waals surface area (Å²) in [5.74, 6) is 0.192. The van der Waals surface area contributed by atoms with Crippen molar-refractivity contribution in [2.45, 2.75) is 6.23 Å². The average molecular weight is 298 g/mol. The van der Waals surface area contributed by atoms with Gasteiger partial charge in [-0.3, -0.25) is 0 Å². The molecule has 2 aromatic rings. The number of carbonyl (C=O) groups is 1. The summed E-state index contributed by atoms with van der Waals surface area (Å²) in [5, 5.41) is 16.2. The Morgan fingerprint density at radius 2 is 2.09 bits per heavy atom. The van der Waals surface area contributed by atoms with Gasteiger partial charge in [0.05, 0.1) is 18.2 Å². The molecule has 3 rings (SSSR count). The predicted molar refractivity (Wildman–Crippen MR) is 79.9 cm³/mol. The van der Waals surface area contributed by atoms with Gasteiger partial charge in [0.25, 0.3) is 0 Å². The van der Waals surface area contributed by atoms with Crippen molar-refractivity contribution in [3.8, 4) is 5.75 Å². The Kier molecular flexibility index (Phi) is 3.65. The Hall–Kier alpha value is -3.02. The lowest BCUT2D eigenvalue weighted by molar-refractivity contribution is 0.0696. The van der Waals surface area contributed by atoms with Crippen molar-refractivity contribution in [1.82, 2.24) is 5.32 Å². The Balaban J connectivity index is 1.83. The molecule has 6 nitrogen and oxygen atoms in total. The quantitative estimate of drug-likeness (QED) is 0.906. The first kappa shape index (κ1) is 13.9. The van der Waals surface area contributed by atoms with Gasteiger partial charge in [-0.2, -0.15) is 0 Å². The van der Waals surface area contributed by atoms with Crippen LogP contribution in [0.3, 0.4) is 0 Å². The molecule has 0 amide bonds. The van der Waals surface area contributed by atoms with Crippen LogP contribution in [-0.4, -0.2) is 24.0 Å². The van der Waals surface area contributed by atoms with Crippen LogP contribution in [0.5, 0.6) is 5.75 Å². The largest absolute Gasteiger partial charge is 0.496 e. The van der Waals surface area contributed by atoms with E-state index in [-0.39, 0.29) is 5.56 Å². The number of hydrogen-bond donors (Lipinski definition) is 2. The van der Waals surface area contributed by atoms with Crippen LogP contribution in [0.2, 0.25) is 0 Å². The number of para-hydroxylation sites is 1. The molecule has 112 valence electrons. The van der Waals surface area contributed by atoms with Crippen molar-refractivity contribution in [2.75, 3.05) is 7.11 Å². The number of amidine groups is 1. The zero-order valence-electron chi connectivity index (χ0n) is 11.8. The first-order chi connectivity index (χ1) is 10.7. The van der Waals surface area contributed by atoms with Crippen LogP contribution < -0.4 is 10.1 Å². The van der Waals surface area contributed by atoms with E-state index in [0.29, 0.717) is 17.1 Å². The number of carboxylic acids is 1. The number of hydrogen-bond acceptors (Lipinski definition) is 5. The number of ether oxygens (including phenoxy) is 1. The van der Waals surface area contributed by atoms with Gasteiger partial charge in [-0.25, -0.2) is 4.79 Å². The number of methoxy groups -OCH3 is 1. The summed E-state index contributed by atoms with van der Waals surface area (Å²) in [5.41, 5.74) is 1.66. The minimum atomic E-state index is -0.984. The number of rotatable bonds is 4. The van der Waals surface area contributed by atoms with Gasteiger partial charge in [-0.05, 0) is 24.3 Å². The third-order valence-electron chi connectivity index (χ3n) is 3.32. The molecule has 0 radical (unpaired) electrons. The first-order valence-electron chi connectivity index (χ1n) is 6.66. The number of carboxylic acid groups (broad SMARTS) is 1. The van der Waals surface area contributed by atoms with Crippen molar-refractivity contribution in [2.24, 2.45) is 5.16 Å². The van der Waals surface area contributed by atoms with Gasteiger partial charge in [0, 0.05) is 5.56 Å². The maximum absolute atomic E-state index is 11.0. The number of nitrogens with zero attached hydrogens (tertiary/aromatic N) is 1. The summed E-state index contributed by atoms with van der Waals surface area (Å²) in [7, 11) is 1.59. The van der Waals surface area contributed by atoms with Gasteiger partial charge in [-0.1, -0.05) is 29.4 Å². The van der Waals surface area contributed by atoms with E-state index in [2.05, 4.69) is 10.5 Å². The van der Waals surface area contributed by atoms with E-state index < -0.39 is 12.2 Å². The molecule has 2 N–H and O–H groups in total. The van der Waals surface area contributed by atoms with E-state index in [9.17, 15) is 4.79 Å². The summed E-state index contributed by atoms with van der Waals surface area (Å²) < 4.78 is 5.30. The van der Waals surface area contributed by atoms with Gasteiger partial charge in [0.2, 0.25) is 6.23 Å². The van der Waals surface area contributed by atoms with Crippen LogP contribution in [0.25, 0.3) is 0 Å². The highest BCUT2D eigenvalue weighted by Gasteiger charge is 2.25. The lowest BCUT2D eigenvalue weighted by atomic mass is 10.1. The minimum absolute atomic E-state index is 0.197. The molecular weight excluding hydrogens is 284 g/mol. The fourth-order valence-electron chi connectivity index (χ4n) is 2.24. The second kappa shape index (κ2) is 5.77. The molecule has 0 fully saturated rings. The van der Waals surface area contributed by atoms with Crippen molar-refractivity contribution >= 4 is 11.8 Å². The van der Waals surface area contributed by atoms with Crippen molar-refractivity contribution in [1.29, 1.82) is 0 Å². The lowest BCUT2D eigenvalue weighted by Gasteiger charge is -2.13. The highest BCUT2D eigenvalue weighted by Crippen LogP contribution is 2.28. The van der Waals surface area contributed by atoms with Crippen LogP contribution in [-0.2, 0) is 4.84 Å². The van der Waals surface area contributed by atoms with E-state index >= 15 is 0 Å². The van der Waals surface area contributed by atoms with E-state index in [1.807, 2.05) is 24.3 Å². The SMILES string of the molecule is COc1ccccc1C1NC(c2cccc(C(=O)O)c2)=NO1. The van der Waals surface area contributed by atoms with Crippen molar-refractivity contribution in [3.05, 3.63) is 65.2 Å². The first-order valence-corrected chi connectivity index (χ1v) is 6.66. The normalized spacial score (nSPS) is 16.4. The fraction of sp³-hybridized carbons (Fsp3) is 0.125. The molecule has 2 aromatic carbocycles. The summed E-state index contributed by atoms with van der Waals surface area (Å²) in [6.45, 7) is 0. The third-order valence-corrected chi connectivity index (χ3v) is 3.32. The van der Waals surface area contributed by atoms with Gasteiger partial charge < -0.3 is 20.0 Å². The van der Waals surface area contributed by atoms with Gasteiger partial charge in [-0.15, -0.1) is 0 Å². The maximum atomic E-state index is 11.0. The fourth-order valence-corrected chi connectivity index (χ4v) is 2.24. The molecule has 1 atom stereocenters. The Morgan fingerprint density at radius 3 is 2.86 bits per heavy atom. The monoisotopic (exact) mass is 298 g/mol. The highest BCUT2D eigenvalue weighted by molar-refractivity contribution is 6.01. The molecule has 22 heavy (non-hydrogen) atoms. The molecule has 0 aromatic heterocycles. The van der Waals surface area contributed by atoms with E-state index in [0.717, 1.165) is 5.56 Å². The van der Waals surface area contributed by atoms with E-state index in [4.69, 9.17) is 14.7 Å². The molecule has 1 unspecified atom stereocenters. The van der Waals surface area contributed by atoms with Crippen molar-refractivity contribution < 1.29 is 19.5 Å². The van der Waals surface area contributed by atoms with Crippen molar-refractivity contribution in [3.63, 3.8) is 0 Å². The molecule has 6 heteroatoms. The van der Waals surface area contributed by atoms with Crippen LogP contribution in [0.1, 0.15) is 27.7 Å². The highest BCUT2D eigenvalue weighted by atomic mass is 16.7. The van der Waals surface area contributed by atoms with Crippen LogP contribution >= 0.6 is 0 Å². The maximum Gasteiger partial charge on any atom is 0.335 e. The molecule has 1 aliphatic rings. The molecule has 0 bridgehead atoms. The predicted octanol–water partition coefficient (Wildman–Crippen LogP) is 2.37. The van der Waals surface area contributed by atoms with Crippen LogP contribution in [0.4, 0.5) is 0 Å². The number of oxime groups is 1.